The summed E-state index contributed by atoms with van der Waals surface area (Å²) in [5, 5.41) is 3.15. The van der Waals surface area contributed by atoms with Crippen LogP contribution in [0.15, 0.2) is 6.20 Å². The van der Waals surface area contributed by atoms with E-state index < -0.39 is 5.82 Å². The van der Waals surface area contributed by atoms with Gasteiger partial charge in [0.1, 0.15) is 0 Å². The Balaban J connectivity index is 2.03. The van der Waals surface area contributed by atoms with Crippen molar-refractivity contribution in [1.29, 1.82) is 0 Å². The summed E-state index contributed by atoms with van der Waals surface area (Å²) < 4.78 is 13.4. The molecule has 1 aliphatic carbocycles. The Bertz CT molecular complexity index is 391. The maximum Gasteiger partial charge on any atom is 0.224 e. The van der Waals surface area contributed by atoms with E-state index in [1.54, 1.807) is 0 Å². The molecule has 0 aliphatic heterocycles. The summed E-state index contributed by atoms with van der Waals surface area (Å²) in [5.41, 5.74) is 0.296. The molecule has 1 aromatic rings. The van der Waals surface area contributed by atoms with Gasteiger partial charge in [-0.3, -0.25) is 0 Å². The van der Waals surface area contributed by atoms with Crippen molar-refractivity contribution >= 4 is 17.4 Å². The number of hydrogen-bond donors (Lipinski definition) is 1. The lowest BCUT2D eigenvalue weighted by molar-refractivity contribution is 0.306. The highest BCUT2D eigenvalue weighted by Crippen LogP contribution is 2.40. The van der Waals surface area contributed by atoms with Gasteiger partial charge in [-0.15, -0.1) is 0 Å². The highest BCUT2D eigenvalue weighted by molar-refractivity contribution is 6.28. The van der Waals surface area contributed by atoms with Gasteiger partial charge in [0, 0.05) is 6.54 Å². The van der Waals surface area contributed by atoms with E-state index >= 15 is 0 Å². The van der Waals surface area contributed by atoms with Crippen LogP contribution >= 0.6 is 11.6 Å². The number of nitrogens with one attached hydrogen (secondary N) is 1. The van der Waals surface area contributed by atoms with Gasteiger partial charge in [0.2, 0.25) is 5.28 Å². The Kier molecular flexibility index (Phi) is 3.82. The fourth-order valence-corrected chi connectivity index (χ4v) is 2.65. The highest BCUT2D eigenvalue weighted by Gasteiger charge is 2.31. The summed E-state index contributed by atoms with van der Waals surface area (Å²) in [6.07, 6.45) is 7.16. The van der Waals surface area contributed by atoms with Crippen molar-refractivity contribution in [1.82, 2.24) is 9.97 Å². The van der Waals surface area contributed by atoms with Gasteiger partial charge < -0.3 is 5.32 Å². The SMILES string of the molecule is CCC1(CNc2nc(Cl)ncc2F)CCCC1. The molecule has 0 bridgehead atoms. The monoisotopic (exact) mass is 257 g/mol. The second-order valence-electron chi connectivity index (χ2n) is 4.75. The fraction of sp³-hybridized carbons (Fsp3) is 0.667. The van der Waals surface area contributed by atoms with Gasteiger partial charge in [-0.1, -0.05) is 19.8 Å². The smallest absolute Gasteiger partial charge is 0.224 e. The lowest BCUT2D eigenvalue weighted by Crippen LogP contribution is -2.26. The van der Waals surface area contributed by atoms with Crippen LogP contribution in [0, 0.1) is 11.2 Å². The van der Waals surface area contributed by atoms with Crippen LogP contribution in [0.4, 0.5) is 10.2 Å². The van der Waals surface area contributed by atoms with Crippen LogP contribution in [0.1, 0.15) is 39.0 Å². The van der Waals surface area contributed by atoms with Gasteiger partial charge in [0.15, 0.2) is 11.6 Å². The molecule has 1 heterocycles. The summed E-state index contributed by atoms with van der Waals surface area (Å²) in [5.74, 6) is -0.233. The van der Waals surface area contributed by atoms with Crippen molar-refractivity contribution in [2.24, 2.45) is 5.41 Å². The second kappa shape index (κ2) is 5.17. The molecule has 1 aromatic heterocycles. The van der Waals surface area contributed by atoms with Crippen LogP contribution in [0.25, 0.3) is 0 Å². The number of anilines is 1. The molecule has 1 aliphatic rings. The third kappa shape index (κ3) is 2.86. The molecule has 0 unspecified atom stereocenters. The zero-order valence-electron chi connectivity index (χ0n) is 9.97. The summed E-state index contributed by atoms with van der Waals surface area (Å²) in [6, 6.07) is 0. The minimum absolute atomic E-state index is 0.0749. The largest absolute Gasteiger partial charge is 0.367 e. The lowest BCUT2D eigenvalue weighted by Gasteiger charge is -2.27. The number of nitrogens with zero attached hydrogens (tertiary/aromatic N) is 2. The van der Waals surface area contributed by atoms with Crippen LogP contribution in [-0.2, 0) is 0 Å². The van der Waals surface area contributed by atoms with E-state index in [0.717, 1.165) is 19.2 Å². The van der Waals surface area contributed by atoms with Crippen molar-refractivity contribution in [2.45, 2.75) is 39.0 Å². The van der Waals surface area contributed by atoms with E-state index in [4.69, 9.17) is 11.6 Å². The molecule has 2 rings (SSSR count). The molecule has 0 amide bonds. The van der Waals surface area contributed by atoms with Crippen molar-refractivity contribution in [3.8, 4) is 0 Å². The van der Waals surface area contributed by atoms with Gasteiger partial charge in [-0.2, -0.15) is 4.98 Å². The van der Waals surface area contributed by atoms with Crippen LogP contribution < -0.4 is 5.32 Å². The second-order valence-corrected chi connectivity index (χ2v) is 5.09. The van der Waals surface area contributed by atoms with Crippen LogP contribution in [0.3, 0.4) is 0 Å². The molecule has 0 spiro atoms. The Morgan fingerprint density at radius 3 is 2.82 bits per heavy atom. The van der Waals surface area contributed by atoms with Gasteiger partial charge in [-0.05, 0) is 36.3 Å². The molecule has 0 radical (unpaired) electrons. The summed E-state index contributed by atoms with van der Waals surface area (Å²) >= 11 is 5.65. The first kappa shape index (κ1) is 12.6. The van der Waals surface area contributed by atoms with Gasteiger partial charge >= 0.3 is 0 Å². The molecule has 0 saturated heterocycles. The van der Waals surface area contributed by atoms with Crippen LogP contribution in [0.2, 0.25) is 5.28 Å². The van der Waals surface area contributed by atoms with E-state index in [9.17, 15) is 4.39 Å². The predicted molar refractivity (Wildman–Crippen MR) is 66.7 cm³/mol. The molecule has 1 N–H and O–H groups in total. The fourth-order valence-electron chi connectivity index (χ4n) is 2.52. The summed E-state index contributed by atoms with van der Waals surface area (Å²) in [6.45, 7) is 2.95. The number of halogens is 2. The number of hydrogen-bond acceptors (Lipinski definition) is 3. The van der Waals surface area contributed by atoms with E-state index in [2.05, 4.69) is 22.2 Å². The molecule has 1 fully saturated rings. The van der Waals surface area contributed by atoms with E-state index in [1.807, 2.05) is 0 Å². The average molecular weight is 258 g/mol. The van der Waals surface area contributed by atoms with Gasteiger partial charge in [0.05, 0.1) is 6.20 Å². The zero-order chi connectivity index (χ0) is 12.3. The zero-order valence-corrected chi connectivity index (χ0v) is 10.7. The highest BCUT2D eigenvalue weighted by atomic mass is 35.5. The number of aromatic nitrogens is 2. The topological polar surface area (TPSA) is 37.8 Å². The standard InChI is InChI=1S/C12H17ClFN3/c1-2-12(5-3-4-6-12)8-16-10-9(14)7-15-11(13)17-10/h7H,2-6,8H2,1H3,(H,15,16,17). The lowest BCUT2D eigenvalue weighted by atomic mass is 9.83. The minimum Gasteiger partial charge on any atom is -0.367 e. The molecule has 1 saturated carbocycles. The maximum absolute atomic E-state index is 13.4. The van der Waals surface area contributed by atoms with E-state index in [1.165, 1.54) is 25.7 Å². The first-order valence-corrected chi connectivity index (χ1v) is 6.45. The van der Waals surface area contributed by atoms with Crippen molar-refractivity contribution < 1.29 is 4.39 Å². The van der Waals surface area contributed by atoms with Gasteiger partial charge in [0.25, 0.3) is 0 Å². The molecule has 3 nitrogen and oxygen atoms in total. The van der Waals surface area contributed by atoms with Crippen molar-refractivity contribution in [2.75, 3.05) is 11.9 Å². The summed E-state index contributed by atoms with van der Waals surface area (Å²) in [4.78, 5) is 7.46. The predicted octanol–water partition coefficient (Wildman–Crippen LogP) is 3.65. The number of rotatable bonds is 4. The summed E-state index contributed by atoms with van der Waals surface area (Å²) in [7, 11) is 0. The first-order chi connectivity index (χ1) is 8.15. The molecular weight excluding hydrogens is 241 g/mol. The molecule has 0 aromatic carbocycles. The molecule has 5 heteroatoms. The Morgan fingerprint density at radius 2 is 2.18 bits per heavy atom. The molecular formula is C12H17ClFN3. The molecule has 94 valence electrons. The first-order valence-electron chi connectivity index (χ1n) is 6.07. The van der Waals surface area contributed by atoms with Crippen molar-refractivity contribution in [3.63, 3.8) is 0 Å². The van der Waals surface area contributed by atoms with Crippen molar-refractivity contribution in [3.05, 3.63) is 17.3 Å². The Morgan fingerprint density at radius 1 is 1.47 bits per heavy atom. The molecule has 0 atom stereocenters. The third-order valence-electron chi connectivity index (χ3n) is 3.76. The van der Waals surface area contributed by atoms with E-state index in [-0.39, 0.29) is 11.1 Å². The average Bonchev–Trinajstić information content (AvgIpc) is 2.80. The maximum atomic E-state index is 13.4. The van der Waals surface area contributed by atoms with Gasteiger partial charge in [-0.25, -0.2) is 9.37 Å². The van der Waals surface area contributed by atoms with Crippen LogP contribution in [-0.4, -0.2) is 16.5 Å². The Hall–Kier alpha value is -0.900. The third-order valence-corrected chi connectivity index (χ3v) is 3.94. The van der Waals surface area contributed by atoms with E-state index in [0.29, 0.717) is 5.41 Å². The quantitative estimate of drug-likeness (QED) is 0.837. The Labute approximate surface area is 106 Å². The molecule has 17 heavy (non-hydrogen) atoms. The normalized spacial score (nSPS) is 18.3. The van der Waals surface area contributed by atoms with Crippen LogP contribution in [0.5, 0.6) is 0 Å². The minimum atomic E-state index is -0.446.